The molecule has 0 aromatic carbocycles. The van der Waals surface area contributed by atoms with Gasteiger partial charge >= 0.3 is 17.9 Å². The normalized spacial score (nSPS) is 13.0. The maximum absolute atomic E-state index is 12.9. The van der Waals surface area contributed by atoms with E-state index in [4.69, 9.17) is 14.2 Å². The van der Waals surface area contributed by atoms with Crippen LogP contribution >= 0.6 is 0 Å². The van der Waals surface area contributed by atoms with Crippen molar-refractivity contribution < 1.29 is 28.6 Å². The molecule has 0 aliphatic rings. The van der Waals surface area contributed by atoms with E-state index in [1.54, 1.807) is 0 Å². The molecule has 0 aliphatic carbocycles. The minimum atomic E-state index is -0.799. The molecule has 0 bridgehead atoms. The molecule has 0 saturated heterocycles. The summed E-state index contributed by atoms with van der Waals surface area (Å²) in [7, 11) is 0. The highest BCUT2D eigenvalue weighted by Crippen LogP contribution is 2.15. The predicted octanol–water partition coefficient (Wildman–Crippen LogP) is 21.4. The summed E-state index contributed by atoms with van der Waals surface area (Å²) in [5.74, 6) is -0.926. The third kappa shape index (κ3) is 60.4. The molecule has 0 radical (unpaired) electrons. The van der Waals surface area contributed by atoms with Crippen molar-refractivity contribution in [1.29, 1.82) is 0 Å². The molecule has 76 heavy (non-hydrogen) atoms. The third-order valence-corrected chi connectivity index (χ3v) is 12.9. The molecule has 0 aromatic rings. The number of carbonyl (C=O) groups is 3. The van der Waals surface area contributed by atoms with Crippen molar-refractivity contribution in [2.75, 3.05) is 13.2 Å². The van der Waals surface area contributed by atoms with Crippen LogP contribution in [0, 0.1) is 0 Å². The molecule has 0 saturated carbocycles. The SMILES string of the molecule is CC/C=C\C/C=C\C/C=C\C/C=C\C/C=C\C/C=C\CCCCCCCCC(=O)OCC(COC(=O)CCCCCCCCCCCCCC)OC(=O)CCCCCCC/C=C\C/C=C\C/C=C\C/C=C\C/C=C\CC. The molecule has 1 unspecified atom stereocenters. The van der Waals surface area contributed by atoms with Gasteiger partial charge in [-0.05, 0) is 116 Å². The Morgan fingerprint density at radius 1 is 0.276 bits per heavy atom. The molecule has 6 nitrogen and oxygen atoms in total. The Kier molecular flexibility index (Phi) is 59.4. The fraction of sp³-hybridized carbons (Fsp3) is 0.643. The number of unbranched alkanes of at least 4 members (excludes halogenated alkanes) is 22. The van der Waals surface area contributed by atoms with Gasteiger partial charge in [0.15, 0.2) is 6.10 Å². The van der Waals surface area contributed by atoms with Crippen molar-refractivity contribution in [3.8, 4) is 0 Å². The molecule has 0 N–H and O–H groups in total. The van der Waals surface area contributed by atoms with Crippen LogP contribution in [0.2, 0.25) is 0 Å². The van der Waals surface area contributed by atoms with Gasteiger partial charge in [0.05, 0.1) is 0 Å². The number of hydrogen-bond acceptors (Lipinski definition) is 6. The highest BCUT2D eigenvalue weighted by atomic mass is 16.6. The van der Waals surface area contributed by atoms with Crippen LogP contribution in [0.15, 0.2) is 134 Å². The van der Waals surface area contributed by atoms with Crippen LogP contribution in [0.3, 0.4) is 0 Å². The highest BCUT2D eigenvalue weighted by Gasteiger charge is 2.19. The van der Waals surface area contributed by atoms with Crippen LogP contribution in [-0.4, -0.2) is 37.2 Å². The van der Waals surface area contributed by atoms with Crippen molar-refractivity contribution in [2.24, 2.45) is 0 Å². The molecular weight excluding hydrogens is 937 g/mol. The number of ether oxygens (including phenoxy) is 3. The number of esters is 3. The number of carbonyl (C=O) groups excluding carboxylic acids is 3. The van der Waals surface area contributed by atoms with Crippen LogP contribution in [0.5, 0.6) is 0 Å². The van der Waals surface area contributed by atoms with Gasteiger partial charge in [0.25, 0.3) is 0 Å². The third-order valence-electron chi connectivity index (χ3n) is 12.9. The molecule has 0 amide bonds. The van der Waals surface area contributed by atoms with Gasteiger partial charge in [-0.1, -0.05) is 270 Å². The van der Waals surface area contributed by atoms with Crippen molar-refractivity contribution in [3.05, 3.63) is 134 Å². The Balaban J connectivity index is 4.42. The summed E-state index contributed by atoms with van der Waals surface area (Å²) in [6.07, 6.45) is 88.7. The number of hydrogen-bond donors (Lipinski definition) is 0. The van der Waals surface area contributed by atoms with E-state index in [2.05, 4.69) is 154 Å². The Hall–Kier alpha value is -4.45. The van der Waals surface area contributed by atoms with E-state index in [0.29, 0.717) is 19.3 Å². The summed E-state index contributed by atoms with van der Waals surface area (Å²) in [5, 5.41) is 0. The van der Waals surface area contributed by atoms with Crippen molar-refractivity contribution in [2.45, 2.75) is 277 Å². The zero-order valence-corrected chi connectivity index (χ0v) is 49.2. The predicted molar refractivity (Wildman–Crippen MR) is 329 cm³/mol. The van der Waals surface area contributed by atoms with Gasteiger partial charge in [0.2, 0.25) is 0 Å². The number of rotatable bonds is 55. The largest absolute Gasteiger partial charge is 0.462 e. The average molecular weight is 1050 g/mol. The fourth-order valence-corrected chi connectivity index (χ4v) is 8.30. The standard InChI is InChI=1S/C70H114O6/c1-4-7-10-13-16-19-22-25-27-29-31-33-34-35-36-38-39-41-43-45-48-51-54-57-60-63-69(72)75-66-67(65-74-68(71)62-59-56-53-50-47-24-21-18-15-12-9-6-3)76-70(73)64-61-58-55-52-49-46-44-42-40-37-32-30-28-26-23-20-17-14-11-8-5-2/h7-8,10-11,16-17,19-20,25-28,31-33,35-37,39,41-42,44,67H,4-6,9,12-15,18,21-24,29-30,34,38,40,43,45-66H2,1-3H3/b10-7-,11-8-,19-16-,20-17-,27-25-,28-26-,33-31-,36-35-,37-32-,41-39-,44-42-. The van der Waals surface area contributed by atoms with Crippen LogP contribution in [-0.2, 0) is 28.6 Å². The second kappa shape index (κ2) is 63.1. The van der Waals surface area contributed by atoms with E-state index >= 15 is 0 Å². The first-order valence-electron chi connectivity index (χ1n) is 31.2. The van der Waals surface area contributed by atoms with Crippen LogP contribution in [0.25, 0.3) is 0 Å². The Labute approximate surface area is 468 Å². The van der Waals surface area contributed by atoms with Crippen LogP contribution < -0.4 is 0 Å². The molecule has 0 fully saturated rings. The van der Waals surface area contributed by atoms with Crippen LogP contribution in [0.4, 0.5) is 0 Å². The zero-order valence-electron chi connectivity index (χ0n) is 49.2. The lowest BCUT2D eigenvalue weighted by Gasteiger charge is -2.18. The minimum absolute atomic E-state index is 0.0928. The quantitative estimate of drug-likeness (QED) is 0.0261. The summed E-state index contributed by atoms with van der Waals surface area (Å²) in [4.78, 5) is 38.3. The van der Waals surface area contributed by atoms with Gasteiger partial charge in [0, 0.05) is 19.3 Å². The van der Waals surface area contributed by atoms with E-state index in [0.717, 1.165) is 161 Å². The number of allylic oxidation sites excluding steroid dienone is 22. The van der Waals surface area contributed by atoms with Gasteiger partial charge in [0.1, 0.15) is 13.2 Å². The summed E-state index contributed by atoms with van der Waals surface area (Å²) in [6.45, 7) is 6.39. The summed E-state index contributed by atoms with van der Waals surface area (Å²) in [5.41, 5.74) is 0. The van der Waals surface area contributed by atoms with Gasteiger partial charge in [-0.25, -0.2) is 0 Å². The molecular formula is C70H114O6. The van der Waals surface area contributed by atoms with E-state index in [-0.39, 0.29) is 31.1 Å². The molecule has 430 valence electrons. The second-order valence-corrected chi connectivity index (χ2v) is 20.2. The zero-order chi connectivity index (χ0) is 55.0. The van der Waals surface area contributed by atoms with Crippen molar-refractivity contribution >= 4 is 17.9 Å². The Bertz CT molecular complexity index is 1630. The first-order valence-corrected chi connectivity index (χ1v) is 31.2. The van der Waals surface area contributed by atoms with Crippen molar-refractivity contribution in [3.63, 3.8) is 0 Å². The van der Waals surface area contributed by atoms with Crippen molar-refractivity contribution in [1.82, 2.24) is 0 Å². The van der Waals surface area contributed by atoms with Gasteiger partial charge in [-0.15, -0.1) is 0 Å². The Morgan fingerprint density at radius 3 is 0.803 bits per heavy atom. The first-order chi connectivity index (χ1) is 37.5. The van der Waals surface area contributed by atoms with E-state index in [9.17, 15) is 14.4 Å². The second-order valence-electron chi connectivity index (χ2n) is 20.2. The average Bonchev–Trinajstić information content (AvgIpc) is 3.42. The topological polar surface area (TPSA) is 78.9 Å². The Morgan fingerprint density at radius 2 is 0.513 bits per heavy atom. The summed E-state index contributed by atoms with van der Waals surface area (Å²) in [6, 6.07) is 0. The summed E-state index contributed by atoms with van der Waals surface area (Å²) < 4.78 is 16.9. The molecule has 6 heteroatoms. The first kappa shape index (κ1) is 71.5. The monoisotopic (exact) mass is 1050 g/mol. The minimum Gasteiger partial charge on any atom is -0.462 e. The smallest absolute Gasteiger partial charge is 0.306 e. The lowest BCUT2D eigenvalue weighted by atomic mass is 10.0. The van der Waals surface area contributed by atoms with E-state index in [1.807, 2.05) is 0 Å². The van der Waals surface area contributed by atoms with Gasteiger partial charge in [-0.3, -0.25) is 14.4 Å². The molecule has 1 atom stereocenters. The summed E-state index contributed by atoms with van der Waals surface area (Å²) >= 11 is 0. The molecule has 0 rings (SSSR count). The molecule has 0 spiro atoms. The molecule has 0 aliphatic heterocycles. The lowest BCUT2D eigenvalue weighted by Crippen LogP contribution is -2.30. The van der Waals surface area contributed by atoms with E-state index in [1.165, 1.54) is 70.6 Å². The van der Waals surface area contributed by atoms with Crippen LogP contribution in [0.1, 0.15) is 271 Å². The lowest BCUT2D eigenvalue weighted by molar-refractivity contribution is -0.167. The molecule has 0 aromatic heterocycles. The van der Waals surface area contributed by atoms with Gasteiger partial charge < -0.3 is 14.2 Å². The maximum atomic E-state index is 12.9. The highest BCUT2D eigenvalue weighted by molar-refractivity contribution is 5.71. The van der Waals surface area contributed by atoms with E-state index < -0.39 is 6.10 Å². The molecule has 0 heterocycles. The van der Waals surface area contributed by atoms with Gasteiger partial charge in [-0.2, -0.15) is 0 Å². The fourth-order valence-electron chi connectivity index (χ4n) is 8.30. The maximum Gasteiger partial charge on any atom is 0.306 e.